The fourth-order valence-corrected chi connectivity index (χ4v) is 5.71. The number of ketones is 1. The Morgan fingerprint density at radius 2 is 1.78 bits per heavy atom. The minimum Gasteiger partial charge on any atom is -0.508 e. The van der Waals surface area contributed by atoms with Crippen LogP contribution in [0.5, 0.6) is 5.75 Å². The van der Waals surface area contributed by atoms with Crippen LogP contribution in [-0.2, 0) is 4.79 Å². The number of phenols is 1. The van der Waals surface area contributed by atoms with Gasteiger partial charge in [-0.1, -0.05) is 35.9 Å². The molecule has 1 fully saturated rings. The zero-order valence-electron chi connectivity index (χ0n) is 17.1. The molecular weight excluding hydrogens is 444 g/mol. The van der Waals surface area contributed by atoms with Crippen molar-refractivity contribution in [2.24, 2.45) is 5.92 Å². The van der Waals surface area contributed by atoms with Gasteiger partial charge in [0.25, 0.3) is 0 Å². The average Bonchev–Trinajstić information content (AvgIpc) is 3.48. The van der Waals surface area contributed by atoms with Gasteiger partial charge >= 0.3 is 5.97 Å². The Morgan fingerprint density at radius 3 is 2.44 bits per heavy atom. The number of fused-ring (bicyclic) bond motifs is 1. The maximum absolute atomic E-state index is 13.6. The first-order chi connectivity index (χ1) is 15.3. The van der Waals surface area contributed by atoms with Gasteiger partial charge < -0.3 is 10.2 Å². The molecule has 2 atom stereocenters. The number of carboxylic acids is 1. The highest BCUT2D eigenvalue weighted by atomic mass is 35.5. The minimum atomic E-state index is -0.756. The molecule has 1 aliphatic rings. The van der Waals surface area contributed by atoms with Gasteiger partial charge in [0.05, 0.1) is 10.8 Å². The first kappa shape index (κ1) is 20.7. The number of halogens is 1. The Morgan fingerprint density at radius 1 is 1.03 bits per heavy atom. The highest BCUT2D eigenvalue weighted by molar-refractivity contribution is 7.21. The van der Waals surface area contributed by atoms with E-state index in [1.165, 1.54) is 11.3 Å². The molecule has 32 heavy (non-hydrogen) atoms. The van der Waals surface area contributed by atoms with Crippen LogP contribution in [0.3, 0.4) is 0 Å². The van der Waals surface area contributed by atoms with Crippen LogP contribution in [0.1, 0.15) is 38.7 Å². The van der Waals surface area contributed by atoms with Crippen LogP contribution in [0.25, 0.3) is 21.2 Å². The van der Waals surface area contributed by atoms with Crippen LogP contribution in [0.4, 0.5) is 0 Å². The molecule has 2 unspecified atom stereocenters. The second-order valence-corrected chi connectivity index (χ2v) is 9.67. The van der Waals surface area contributed by atoms with Gasteiger partial charge in [0.2, 0.25) is 5.78 Å². The summed E-state index contributed by atoms with van der Waals surface area (Å²) in [5, 5.41) is 20.6. The van der Waals surface area contributed by atoms with Gasteiger partial charge in [-0.3, -0.25) is 9.59 Å². The second-order valence-electron chi connectivity index (χ2n) is 8.18. The summed E-state index contributed by atoms with van der Waals surface area (Å²) < 4.78 is 0.826. The summed E-state index contributed by atoms with van der Waals surface area (Å²) in [6.45, 7) is 1.86. The van der Waals surface area contributed by atoms with E-state index in [-0.39, 0.29) is 23.4 Å². The van der Waals surface area contributed by atoms with Crippen molar-refractivity contribution in [3.8, 4) is 16.9 Å². The van der Waals surface area contributed by atoms with Gasteiger partial charge in [-0.2, -0.15) is 0 Å². The van der Waals surface area contributed by atoms with Gasteiger partial charge in [-0.15, -0.1) is 11.3 Å². The number of thiophene rings is 1. The normalized spacial score (nSPS) is 17.4. The van der Waals surface area contributed by atoms with Crippen molar-refractivity contribution in [3.05, 3.63) is 87.3 Å². The molecule has 1 aromatic heterocycles. The molecule has 1 heterocycles. The lowest BCUT2D eigenvalue weighted by atomic mass is 9.95. The summed E-state index contributed by atoms with van der Waals surface area (Å²) in [6.07, 6.45) is 0.662. The Hall–Kier alpha value is -3.15. The molecule has 0 saturated heterocycles. The summed E-state index contributed by atoms with van der Waals surface area (Å²) in [5.41, 5.74) is 4.09. The number of phenolic OH excluding ortho intramolecular Hbond substituents is 1. The van der Waals surface area contributed by atoms with E-state index in [0.717, 1.165) is 32.3 Å². The number of carboxylic acid groups (broad SMARTS) is 1. The van der Waals surface area contributed by atoms with E-state index in [4.69, 9.17) is 11.6 Å². The van der Waals surface area contributed by atoms with Gasteiger partial charge in [0.15, 0.2) is 0 Å². The van der Waals surface area contributed by atoms with Gasteiger partial charge in [-0.05, 0) is 72.4 Å². The SMILES string of the molecule is Cc1cc(Cl)ccc1C(=O)c1sc2cc(O)ccc2c1-c1ccc(C2CC2C(=O)O)cc1. The largest absolute Gasteiger partial charge is 0.508 e. The number of carbonyl (C=O) groups is 2. The fourth-order valence-electron chi connectivity index (χ4n) is 4.27. The molecule has 1 saturated carbocycles. The van der Waals surface area contributed by atoms with E-state index in [9.17, 15) is 19.8 Å². The molecule has 3 aromatic carbocycles. The van der Waals surface area contributed by atoms with E-state index in [1.807, 2.05) is 37.3 Å². The lowest BCUT2D eigenvalue weighted by Gasteiger charge is -2.09. The number of aliphatic carboxylic acids is 1. The van der Waals surface area contributed by atoms with E-state index in [0.29, 0.717) is 21.9 Å². The molecule has 0 amide bonds. The van der Waals surface area contributed by atoms with E-state index in [2.05, 4.69) is 0 Å². The number of carbonyl (C=O) groups excluding carboxylic acids is 1. The van der Waals surface area contributed by atoms with Crippen molar-refractivity contribution in [1.82, 2.24) is 0 Å². The third-order valence-corrected chi connectivity index (χ3v) is 7.43. The summed E-state index contributed by atoms with van der Waals surface area (Å²) in [7, 11) is 0. The van der Waals surface area contributed by atoms with Crippen LogP contribution >= 0.6 is 22.9 Å². The number of hydrogen-bond donors (Lipinski definition) is 2. The van der Waals surface area contributed by atoms with Crippen LogP contribution < -0.4 is 0 Å². The Kier molecular flexibility index (Phi) is 5.03. The average molecular weight is 463 g/mol. The maximum atomic E-state index is 13.6. The van der Waals surface area contributed by atoms with Crippen molar-refractivity contribution in [3.63, 3.8) is 0 Å². The summed E-state index contributed by atoms with van der Waals surface area (Å²) in [6, 6.07) is 18.2. The van der Waals surface area contributed by atoms with Crippen molar-refractivity contribution in [2.45, 2.75) is 19.3 Å². The van der Waals surface area contributed by atoms with Crippen LogP contribution in [0, 0.1) is 12.8 Å². The monoisotopic (exact) mass is 462 g/mol. The molecule has 160 valence electrons. The first-order valence-electron chi connectivity index (χ1n) is 10.2. The summed E-state index contributed by atoms with van der Waals surface area (Å²) >= 11 is 7.43. The van der Waals surface area contributed by atoms with Crippen molar-refractivity contribution in [1.29, 1.82) is 0 Å². The van der Waals surface area contributed by atoms with Gasteiger partial charge in [0, 0.05) is 26.2 Å². The predicted molar refractivity (Wildman–Crippen MR) is 127 cm³/mol. The number of hydrogen-bond acceptors (Lipinski definition) is 4. The Balaban J connectivity index is 1.62. The lowest BCUT2D eigenvalue weighted by molar-refractivity contribution is -0.138. The molecule has 0 aliphatic heterocycles. The standard InChI is InChI=1S/C26H19ClO4S/c1-13-10-16(27)6-8-18(13)24(29)25-23(19-9-7-17(28)11-22(19)32-25)15-4-2-14(3-5-15)20-12-21(20)26(30)31/h2-11,20-21,28H,12H2,1H3,(H,30,31). The number of aromatic hydroxyl groups is 1. The Labute approximate surface area is 193 Å². The van der Waals surface area contributed by atoms with E-state index >= 15 is 0 Å². The summed E-state index contributed by atoms with van der Waals surface area (Å²) in [5.74, 6) is -0.955. The molecule has 4 nitrogen and oxygen atoms in total. The van der Waals surface area contributed by atoms with E-state index in [1.54, 1.807) is 30.3 Å². The molecule has 5 rings (SSSR count). The molecule has 2 N–H and O–H groups in total. The second kappa shape index (κ2) is 7.76. The quantitative estimate of drug-likeness (QED) is 0.325. The van der Waals surface area contributed by atoms with Crippen LogP contribution in [0.15, 0.2) is 60.7 Å². The zero-order valence-corrected chi connectivity index (χ0v) is 18.7. The topological polar surface area (TPSA) is 74.6 Å². The minimum absolute atomic E-state index is 0.0514. The third-order valence-electron chi connectivity index (χ3n) is 6.05. The lowest BCUT2D eigenvalue weighted by Crippen LogP contribution is -2.03. The molecule has 1 aliphatic carbocycles. The van der Waals surface area contributed by atoms with Crippen molar-refractivity contribution >= 4 is 44.8 Å². The molecule has 0 radical (unpaired) electrons. The highest BCUT2D eigenvalue weighted by Crippen LogP contribution is 2.48. The summed E-state index contributed by atoms with van der Waals surface area (Å²) in [4.78, 5) is 25.4. The molecular formula is C26H19ClO4S. The number of rotatable bonds is 5. The molecule has 0 bridgehead atoms. The first-order valence-corrected chi connectivity index (χ1v) is 11.4. The smallest absolute Gasteiger partial charge is 0.307 e. The van der Waals surface area contributed by atoms with E-state index < -0.39 is 5.97 Å². The highest BCUT2D eigenvalue weighted by Gasteiger charge is 2.44. The predicted octanol–water partition coefficient (Wildman–Crippen LogP) is 6.65. The van der Waals surface area contributed by atoms with Crippen LogP contribution in [-0.4, -0.2) is 22.0 Å². The van der Waals surface area contributed by atoms with Crippen molar-refractivity contribution < 1.29 is 19.8 Å². The van der Waals surface area contributed by atoms with Crippen molar-refractivity contribution in [2.75, 3.05) is 0 Å². The molecule has 6 heteroatoms. The Bertz CT molecular complexity index is 1390. The van der Waals surface area contributed by atoms with Crippen LogP contribution in [0.2, 0.25) is 5.02 Å². The molecule has 4 aromatic rings. The van der Waals surface area contributed by atoms with Gasteiger partial charge in [0.1, 0.15) is 5.75 Å². The maximum Gasteiger partial charge on any atom is 0.307 e. The fraction of sp³-hybridized carbons (Fsp3) is 0.154. The zero-order chi connectivity index (χ0) is 22.6. The van der Waals surface area contributed by atoms with Gasteiger partial charge in [-0.25, -0.2) is 0 Å². The number of aryl methyl sites for hydroxylation is 1. The molecule has 0 spiro atoms. The number of benzene rings is 3. The third kappa shape index (κ3) is 3.57.